The molecule has 51 valence electrons. The van der Waals surface area contributed by atoms with Crippen LogP contribution in [0.25, 0.3) is 0 Å². The van der Waals surface area contributed by atoms with Crippen LogP contribution in [0.3, 0.4) is 0 Å². The Morgan fingerprint density at radius 1 is 1.11 bits per heavy atom. The maximum Gasteiger partial charge on any atom is -0.00172 e. The van der Waals surface area contributed by atoms with E-state index in [1.807, 2.05) is 0 Å². The Labute approximate surface area is 56.8 Å². The highest BCUT2D eigenvalue weighted by molar-refractivity contribution is 4.94. The third kappa shape index (κ3) is 1.45. The van der Waals surface area contributed by atoms with Gasteiger partial charge in [-0.2, -0.15) is 0 Å². The second-order valence-electron chi connectivity index (χ2n) is 3.28. The fourth-order valence-electron chi connectivity index (χ4n) is 1.51. The van der Waals surface area contributed by atoms with Gasteiger partial charge >= 0.3 is 0 Å². The van der Waals surface area contributed by atoms with Crippen LogP contribution >= 0.6 is 0 Å². The second kappa shape index (κ2) is 2.30. The molecular formula is C8H14N. The molecule has 0 aromatic heterocycles. The lowest BCUT2D eigenvalue weighted by Gasteiger charge is -2.03. The molecule has 1 nitrogen and oxygen atoms in total. The zero-order chi connectivity index (χ0) is 6.10. The summed E-state index contributed by atoms with van der Waals surface area (Å²) in [4.78, 5) is 0. The molecule has 0 bridgehead atoms. The van der Waals surface area contributed by atoms with Gasteiger partial charge in [0.05, 0.1) is 0 Å². The number of rotatable bonds is 2. The number of hydrogen-bond donors (Lipinski definition) is 1. The zero-order valence-electron chi connectivity index (χ0n) is 5.77. The van der Waals surface area contributed by atoms with Gasteiger partial charge in [0.15, 0.2) is 0 Å². The highest BCUT2D eigenvalue weighted by Crippen LogP contribution is 2.35. The van der Waals surface area contributed by atoms with Crippen molar-refractivity contribution >= 4 is 0 Å². The van der Waals surface area contributed by atoms with Crippen LogP contribution in [0, 0.1) is 18.3 Å². The first-order valence-corrected chi connectivity index (χ1v) is 4.01. The normalized spacial score (nSPS) is 35.3. The van der Waals surface area contributed by atoms with E-state index in [0.717, 1.165) is 11.8 Å². The minimum absolute atomic E-state index is 0.914. The molecule has 1 aliphatic heterocycles. The summed E-state index contributed by atoms with van der Waals surface area (Å²) in [6.07, 6.45) is 6.88. The average molecular weight is 124 g/mol. The molecule has 1 radical (unpaired) electrons. The predicted octanol–water partition coefficient (Wildman–Crippen LogP) is 1.21. The van der Waals surface area contributed by atoms with E-state index in [-0.39, 0.29) is 0 Å². The predicted molar refractivity (Wildman–Crippen MR) is 38.0 cm³/mol. The fourth-order valence-corrected chi connectivity index (χ4v) is 1.51. The molecule has 1 aliphatic carbocycles. The van der Waals surface area contributed by atoms with Gasteiger partial charge in [0, 0.05) is 0 Å². The summed E-state index contributed by atoms with van der Waals surface area (Å²) in [7, 11) is 0. The molecule has 1 heteroatoms. The molecule has 9 heavy (non-hydrogen) atoms. The van der Waals surface area contributed by atoms with Crippen molar-refractivity contribution in [2.75, 3.05) is 13.1 Å². The summed E-state index contributed by atoms with van der Waals surface area (Å²) >= 11 is 0. The molecule has 0 spiro atoms. The lowest BCUT2D eigenvalue weighted by Crippen LogP contribution is -2.09. The van der Waals surface area contributed by atoms with E-state index in [0.29, 0.717) is 0 Å². The highest BCUT2D eigenvalue weighted by Gasteiger charge is 2.26. The van der Waals surface area contributed by atoms with Crippen molar-refractivity contribution in [2.45, 2.75) is 19.3 Å². The van der Waals surface area contributed by atoms with Gasteiger partial charge in [0.1, 0.15) is 0 Å². The standard InChI is InChI=1S/C8H14N/c1-2-7(1)5-8-3-4-9-6-8/h5,7-9H,1-4,6H2. The Morgan fingerprint density at radius 2 is 2.00 bits per heavy atom. The van der Waals surface area contributed by atoms with Gasteiger partial charge in [-0.15, -0.1) is 0 Å². The van der Waals surface area contributed by atoms with Crippen molar-refractivity contribution in [2.24, 2.45) is 11.8 Å². The van der Waals surface area contributed by atoms with Gasteiger partial charge in [0.25, 0.3) is 0 Å². The van der Waals surface area contributed by atoms with Gasteiger partial charge in [0.2, 0.25) is 0 Å². The maximum atomic E-state index is 3.37. The molecule has 0 amide bonds. The summed E-state index contributed by atoms with van der Waals surface area (Å²) in [5.41, 5.74) is 0. The van der Waals surface area contributed by atoms with Crippen LogP contribution < -0.4 is 5.32 Å². The smallest absolute Gasteiger partial charge is 0.00172 e. The highest BCUT2D eigenvalue weighted by atomic mass is 14.9. The van der Waals surface area contributed by atoms with Crippen LogP contribution in [0.1, 0.15) is 19.3 Å². The minimum Gasteiger partial charge on any atom is -0.316 e. The molecule has 2 fully saturated rings. The van der Waals surface area contributed by atoms with E-state index in [9.17, 15) is 0 Å². The molecule has 1 heterocycles. The molecule has 1 unspecified atom stereocenters. The molecule has 0 aromatic carbocycles. The first-order chi connectivity index (χ1) is 4.45. The molecule has 1 saturated carbocycles. The quantitative estimate of drug-likeness (QED) is 0.583. The van der Waals surface area contributed by atoms with E-state index in [1.165, 1.54) is 32.4 Å². The van der Waals surface area contributed by atoms with Gasteiger partial charge in [-0.3, -0.25) is 0 Å². The first-order valence-electron chi connectivity index (χ1n) is 4.01. The summed E-state index contributed by atoms with van der Waals surface area (Å²) in [6.45, 7) is 2.49. The van der Waals surface area contributed by atoms with E-state index in [2.05, 4.69) is 11.7 Å². The van der Waals surface area contributed by atoms with E-state index >= 15 is 0 Å². The Hall–Kier alpha value is -0.0400. The average Bonchev–Trinajstić information content (AvgIpc) is 2.46. The van der Waals surface area contributed by atoms with Crippen molar-refractivity contribution in [1.82, 2.24) is 5.32 Å². The zero-order valence-corrected chi connectivity index (χ0v) is 5.77. The third-order valence-corrected chi connectivity index (χ3v) is 2.26. The largest absolute Gasteiger partial charge is 0.316 e. The van der Waals surface area contributed by atoms with E-state index < -0.39 is 0 Å². The SMILES string of the molecule is [CH](C1CC1)C1CCNC1. The van der Waals surface area contributed by atoms with Crippen molar-refractivity contribution < 1.29 is 0 Å². The summed E-state index contributed by atoms with van der Waals surface area (Å²) in [5.74, 6) is 1.92. The topological polar surface area (TPSA) is 12.0 Å². The molecule has 2 rings (SSSR count). The first kappa shape index (κ1) is 5.72. The molecule has 1 atom stereocenters. The van der Waals surface area contributed by atoms with Gasteiger partial charge < -0.3 is 5.32 Å². The van der Waals surface area contributed by atoms with Crippen LogP contribution in [0.4, 0.5) is 0 Å². The van der Waals surface area contributed by atoms with E-state index in [1.54, 1.807) is 0 Å². The molecular weight excluding hydrogens is 110 g/mol. The van der Waals surface area contributed by atoms with Crippen LogP contribution in [-0.2, 0) is 0 Å². The number of hydrogen-bond acceptors (Lipinski definition) is 1. The second-order valence-corrected chi connectivity index (χ2v) is 3.28. The van der Waals surface area contributed by atoms with Gasteiger partial charge in [-0.05, 0) is 50.6 Å². The van der Waals surface area contributed by atoms with Crippen molar-refractivity contribution in [3.63, 3.8) is 0 Å². The molecule has 1 N–H and O–H groups in total. The summed E-state index contributed by atoms with van der Waals surface area (Å²) in [5, 5.41) is 3.37. The Bertz CT molecular complexity index is 90.7. The van der Waals surface area contributed by atoms with Crippen LogP contribution in [0.5, 0.6) is 0 Å². The van der Waals surface area contributed by atoms with Crippen molar-refractivity contribution in [3.05, 3.63) is 6.42 Å². The van der Waals surface area contributed by atoms with Crippen LogP contribution in [0.2, 0.25) is 0 Å². The van der Waals surface area contributed by atoms with Gasteiger partial charge in [-0.25, -0.2) is 0 Å². The number of nitrogens with one attached hydrogen (secondary N) is 1. The third-order valence-electron chi connectivity index (χ3n) is 2.26. The summed E-state index contributed by atoms with van der Waals surface area (Å²) < 4.78 is 0. The maximum absolute atomic E-state index is 3.37. The molecule has 2 aliphatic rings. The van der Waals surface area contributed by atoms with Crippen LogP contribution in [0.15, 0.2) is 0 Å². The lowest BCUT2D eigenvalue weighted by molar-refractivity contribution is 0.628. The monoisotopic (exact) mass is 124 g/mol. The minimum atomic E-state index is 0.914. The Morgan fingerprint density at radius 3 is 2.56 bits per heavy atom. The molecule has 1 saturated heterocycles. The van der Waals surface area contributed by atoms with Crippen LogP contribution in [-0.4, -0.2) is 13.1 Å². The molecule has 0 aromatic rings. The van der Waals surface area contributed by atoms with Gasteiger partial charge in [-0.1, -0.05) is 0 Å². The Kier molecular flexibility index (Phi) is 1.46. The summed E-state index contributed by atoms with van der Waals surface area (Å²) in [6, 6.07) is 0. The lowest BCUT2D eigenvalue weighted by atomic mass is 10.0. The van der Waals surface area contributed by atoms with Crippen molar-refractivity contribution in [3.8, 4) is 0 Å². The van der Waals surface area contributed by atoms with E-state index in [4.69, 9.17) is 0 Å². The fraction of sp³-hybridized carbons (Fsp3) is 0.875. The van der Waals surface area contributed by atoms with Crippen molar-refractivity contribution in [1.29, 1.82) is 0 Å². The Balaban J connectivity index is 1.70.